The van der Waals surface area contributed by atoms with Crippen LogP contribution in [0.3, 0.4) is 0 Å². The van der Waals surface area contributed by atoms with Crippen LogP contribution in [-0.4, -0.2) is 24.2 Å². The molecule has 0 saturated carbocycles. The molecule has 0 amide bonds. The fourth-order valence-electron chi connectivity index (χ4n) is 2.40. The minimum Gasteiger partial charge on any atom is -0.481 e. The van der Waals surface area contributed by atoms with Crippen LogP contribution in [0.25, 0.3) is 0 Å². The Kier molecular flexibility index (Phi) is 4.12. The van der Waals surface area contributed by atoms with E-state index in [4.69, 9.17) is 16.7 Å². The van der Waals surface area contributed by atoms with Crippen LogP contribution >= 0.6 is 11.6 Å². The van der Waals surface area contributed by atoms with E-state index in [2.05, 4.69) is 24.0 Å². The van der Waals surface area contributed by atoms with Crippen LogP contribution in [0, 0.1) is 5.92 Å². The lowest BCUT2D eigenvalue weighted by Crippen LogP contribution is -2.36. The second kappa shape index (κ2) is 5.61. The Bertz CT molecular complexity index is 439. The van der Waals surface area contributed by atoms with Gasteiger partial charge < -0.3 is 10.0 Å². The number of hydrogen-bond acceptors (Lipinski definition) is 2. The minimum absolute atomic E-state index is 0.188. The molecule has 1 heterocycles. The van der Waals surface area contributed by atoms with Gasteiger partial charge in [0.2, 0.25) is 0 Å². The number of benzene rings is 1. The lowest BCUT2D eigenvalue weighted by atomic mass is 9.96. The molecule has 0 aromatic heterocycles. The monoisotopic (exact) mass is 267 g/mol. The van der Waals surface area contributed by atoms with E-state index in [0.29, 0.717) is 12.8 Å². The van der Waals surface area contributed by atoms with Crippen LogP contribution in [0.4, 0.5) is 5.69 Å². The van der Waals surface area contributed by atoms with Gasteiger partial charge in [-0.2, -0.15) is 0 Å². The highest BCUT2D eigenvalue weighted by molar-refractivity contribution is 6.31. The molecule has 0 bridgehead atoms. The highest BCUT2D eigenvalue weighted by Crippen LogP contribution is 2.27. The number of carbonyl (C=O) groups is 1. The number of anilines is 1. The van der Waals surface area contributed by atoms with Gasteiger partial charge in [-0.15, -0.1) is 0 Å². The first-order chi connectivity index (χ1) is 8.61. The summed E-state index contributed by atoms with van der Waals surface area (Å²) >= 11 is 6.21. The Morgan fingerprint density at radius 3 is 2.61 bits per heavy atom. The molecule has 1 fully saturated rings. The van der Waals surface area contributed by atoms with Crippen LogP contribution in [0.5, 0.6) is 0 Å². The highest BCUT2D eigenvalue weighted by Gasteiger charge is 2.24. The molecule has 0 unspecified atom stereocenters. The predicted octanol–water partition coefficient (Wildman–Crippen LogP) is 3.20. The number of carboxylic acids is 1. The second-order valence-corrected chi connectivity index (χ2v) is 5.14. The van der Waals surface area contributed by atoms with E-state index in [1.807, 2.05) is 6.07 Å². The Balaban J connectivity index is 2.05. The van der Waals surface area contributed by atoms with Gasteiger partial charge in [-0.3, -0.25) is 4.79 Å². The highest BCUT2D eigenvalue weighted by atomic mass is 35.5. The molecule has 0 aliphatic carbocycles. The first kappa shape index (κ1) is 13.2. The summed E-state index contributed by atoms with van der Waals surface area (Å²) in [5.74, 6) is -0.861. The molecule has 1 aromatic rings. The summed E-state index contributed by atoms with van der Waals surface area (Å²) in [6, 6.07) is 6.12. The summed E-state index contributed by atoms with van der Waals surface area (Å²) in [4.78, 5) is 13.1. The zero-order valence-corrected chi connectivity index (χ0v) is 11.3. The maximum Gasteiger partial charge on any atom is 0.306 e. The van der Waals surface area contributed by atoms with E-state index in [9.17, 15) is 4.79 Å². The van der Waals surface area contributed by atoms with Crippen molar-refractivity contribution in [3.63, 3.8) is 0 Å². The molecule has 18 heavy (non-hydrogen) atoms. The van der Waals surface area contributed by atoms with Crippen LogP contribution in [0.1, 0.15) is 25.3 Å². The third-order valence-corrected chi connectivity index (χ3v) is 3.98. The molecule has 1 aliphatic rings. The van der Waals surface area contributed by atoms with Crippen LogP contribution in [0.2, 0.25) is 5.02 Å². The van der Waals surface area contributed by atoms with Gasteiger partial charge >= 0.3 is 5.97 Å². The normalized spacial score (nSPS) is 16.9. The number of rotatable bonds is 3. The SMILES string of the molecule is CCc1ccc(N2CCC(C(=O)O)CC2)cc1Cl. The molecule has 4 heteroatoms. The molecule has 1 aromatic carbocycles. The third-order valence-electron chi connectivity index (χ3n) is 3.63. The smallest absolute Gasteiger partial charge is 0.306 e. The Labute approximate surface area is 112 Å². The van der Waals surface area contributed by atoms with Crippen LogP contribution in [-0.2, 0) is 11.2 Å². The number of piperidine rings is 1. The number of hydrogen-bond donors (Lipinski definition) is 1. The zero-order chi connectivity index (χ0) is 13.1. The first-order valence-corrected chi connectivity index (χ1v) is 6.75. The van der Waals surface area contributed by atoms with Gasteiger partial charge in [-0.25, -0.2) is 0 Å². The van der Waals surface area contributed by atoms with Gasteiger partial charge in [-0.05, 0) is 37.0 Å². The molecular formula is C14H18ClNO2. The van der Waals surface area contributed by atoms with E-state index >= 15 is 0 Å². The molecule has 1 aliphatic heterocycles. The van der Waals surface area contributed by atoms with Gasteiger partial charge in [-0.1, -0.05) is 24.6 Å². The van der Waals surface area contributed by atoms with Crippen molar-refractivity contribution in [2.24, 2.45) is 5.92 Å². The fraction of sp³-hybridized carbons (Fsp3) is 0.500. The van der Waals surface area contributed by atoms with E-state index in [-0.39, 0.29) is 5.92 Å². The molecule has 0 spiro atoms. The topological polar surface area (TPSA) is 40.5 Å². The molecule has 2 rings (SSSR count). The van der Waals surface area contributed by atoms with Crippen molar-refractivity contribution < 1.29 is 9.90 Å². The zero-order valence-electron chi connectivity index (χ0n) is 10.5. The van der Waals surface area contributed by atoms with E-state index < -0.39 is 5.97 Å². The Morgan fingerprint density at radius 2 is 2.11 bits per heavy atom. The fourth-order valence-corrected chi connectivity index (χ4v) is 2.71. The summed E-state index contributed by atoms with van der Waals surface area (Å²) in [6.45, 7) is 3.66. The predicted molar refractivity (Wildman–Crippen MR) is 73.4 cm³/mol. The molecule has 98 valence electrons. The van der Waals surface area contributed by atoms with Crippen molar-refractivity contribution in [1.82, 2.24) is 0 Å². The summed E-state index contributed by atoms with van der Waals surface area (Å²) in [6.07, 6.45) is 2.35. The van der Waals surface area contributed by atoms with Crippen molar-refractivity contribution in [2.75, 3.05) is 18.0 Å². The van der Waals surface area contributed by atoms with Gasteiger partial charge in [0.15, 0.2) is 0 Å². The first-order valence-electron chi connectivity index (χ1n) is 6.38. The number of carboxylic acid groups (broad SMARTS) is 1. The molecular weight excluding hydrogens is 250 g/mol. The quantitative estimate of drug-likeness (QED) is 0.914. The average Bonchev–Trinajstić information content (AvgIpc) is 2.38. The van der Waals surface area contributed by atoms with E-state index in [1.165, 1.54) is 0 Å². The number of nitrogens with zero attached hydrogens (tertiary/aromatic N) is 1. The lowest BCUT2D eigenvalue weighted by Gasteiger charge is -2.32. The summed E-state index contributed by atoms with van der Waals surface area (Å²) < 4.78 is 0. The van der Waals surface area contributed by atoms with Crippen molar-refractivity contribution >= 4 is 23.3 Å². The maximum atomic E-state index is 10.9. The van der Waals surface area contributed by atoms with Gasteiger partial charge in [0.25, 0.3) is 0 Å². The van der Waals surface area contributed by atoms with Crippen molar-refractivity contribution in [3.8, 4) is 0 Å². The summed E-state index contributed by atoms with van der Waals surface area (Å²) in [7, 11) is 0. The van der Waals surface area contributed by atoms with Crippen LogP contribution < -0.4 is 4.90 Å². The number of aryl methyl sites for hydroxylation is 1. The number of aliphatic carboxylic acids is 1. The maximum absolute atomic E-state index is 10.9. The lowest BCUT2D eigenvalue weighted by molar-refractivity contribution is -0.142. The largest absolute Gasteiger partial charge is 0.481 e. The Morgan fingerprint density at radius 1 is 1.44 bits per heavy atom. The molecule has 0 atom stereocenters. The van der Waals surface area contributed by atoms with E-state index in [1.54, 1.807) is 0 Å². The third kappa shape index (κ3) is 2.78. The molecule has 1 N–H and O–H groups in total. The second-order valence-electron chi connectivity index (χ2n) is 4.73. The van der Waals surface area contributed by atoms with Gasteiger partial charge in [0.1, 0.15) is 0 Å². The number of halogens is 1. The molecule has 3 nitrogen and oxygen atoms in total. The summed E-state index contributed by atoms with van der Waals surface area (Å²) in [5.41, 5.74) is 2.25. The average molecular weight is 268 g/mol. The molecule has 0 radical (unpaired) electrons. The summed E-state index contributed by atoms with van der Waals surface area (Å²) in [5, 5.41) is 9.77. The minimum atomic E-state index is -0.672. The van der Waals surface area contributed by atoms with Crippen molar-refractivity contribution in [3.05, 3.63) is 28.8 Å². The van der Waals surface area contributed by atoms with Crippen LogP contribution in [0.15, 0.2) is 18.2 Å². The standard InChI is InChI=1S/C14H18ClNO2/c1-2-10-3-4-12(9-13(10)15)16-7-5-11(6-8-16)14(17)18/h3-4,9,11H,2,5-8H2,1H3,(H,17,18). The van der Waals surface area contributed by atoms with Gasteiger partial charge in [0, 0.05) is 23.8 Å². The van der Waals surface area contributed by atoms with Crippen molar-refractivity contribution in [1.29, 1.82) is 0 Å². The van der Waals surface area contributed by atoms with Gasteiger partial charge in [0.05, 0.1) is 5.92 Å². The van der Waals surface area contributed by atoms with Crippen molar-refractivity contribution in [2.45, 2.75) is 26.2 Å². The molecule has 1 saturated heterocycles. The van der Waals surface area contributed by atoms with E-state index in [0.717, 1.165) is 35.8 Å². The Hall–Kier alpha value is -1.22.